The fourth-order valence-corrected chi connectivity index (χ4v) is 0.778. The van der Waals surface area contributed by atoms with Gasteiger partial charge >= 0.3 is 0 Å². The van der Waals surface area contributed by atoms with E-state index in [1.54, 1.807) is 0 Å². The summed E-state index contributed by atoms with van der Waals surface area (Å²) in [6, 6.07) is 0.764. The summed E-state index contributed by atoms with van der Waals surface area (Å²) in [5.74, 6) is 0. The molecule has 1 rings (SSSR count). The molecule has 0 aliphatic carbocycles. The summed E-state index contributed by atoms with van der Waals surface area (Å²) in [5.41, 5.74) is 0. The maximum Gasteiger partial charge on any atom is 0.0805 e. The summed E-state index contributed by atoms with van der Waals surface area (Å²) < 4.78 is 0. The van der Waals surface area contributed by atoms with Crippen LogP contribution in [0.2, 0.25) is 0 Å². The monoisotopic (exact) mass is 110 g/mol. The first-order chi connectivity index (χ1) is 3.88. The molecule has 1 fully saturated rings. The SMILES string of the molecule is C=CC1NCC1N=C. The summed E-state index contributed by atoms with van der Waals surface area (Å²) in [7, 11) is 0. The molecule has 0 aromatic rings. The molecule has 8 heavy (non-hydrogen) atoms. The molecule has 0 spiro atoms. The van der Waals surface area contributed by atoms with Crippen molar-refractivity contribution in [3.05, 3.63) is 12.7 Å². The van der Waals surface area contributed by atoms with Gasteiger partial charge in [0.25, 0.3) is 0 Å². The van der Waals surface area contributed by atoms with Gasteiger partial charge in [-0.15, -0.1) is 6.58 Å². The van der Waals surface area contributed by atoms with Crippen LogP contribution in [0.3, 0.4) is 0 Å². The smallest absolute Gasteiger partial charge is 0.0805 e. The van der Waals surface area contributed by atoms with Crippen molar-refractivity contribution in [3.8, 4) is 0 Å². The normalized spacial score (nSPS) is 35.5. The molecule has 2 heteroatoms. The third-order valence-electron chi connectivity index (χ3n) is 1.47. The van der Waals surface area contributed by atoms with Crippen molar-refractivity contribution < 1.29 is 0 Å². The van der Waals surface area contributed by atoms with E-state index < -0.39 is 0 Å². The number of rotatable bonds is 2. The van der Waals surface area contributed by atoms with Crippen molar-refractivity contribution in [2.45, 2.75) is 12.1 Å². The molecule has 1 aliphatic rings. The first kappa shape index (κ1) is 5.51. The minimum absolute atomic E-state index is 0.382. The number of nitrogens with zero attached hydrogens (tertiary/aromatic N) is 1. The second-order valence-electron chi connectivity index (χ2n) is 1.92. The zero-order valence-corrected chi connectivity index (χ0v) is 4.80. The van der Waals surface area contributed by atoms with Gasteiger partial charge in [-0.2, -0.15) is 0 Å². The zero-order valence-electron chi connectivity index (χ0n) is 4.80. The Morgan fingerprint density at radius 3 is 2.62 bits per heavy atom. The van der Waals surface area contributed by atoms with Crippen molar-refractivity contribution in [1.29, 1.82) is 0 Å². The Balaban J connectivity index is 2.36. The van der Waals surface area contributed by atoms with E-state index in [1.807, 2.05) is 6.08 Å². The van der Waals surface area contributed by atoms with Crippen LogP contribution in [0.15, 0.2) is 17.6 Å². The molecule has 0 radical (unpaired) electrons. The van der Waals surface area contributed by atoms with Gasteiger partial charge in [-0.1, -0.05) is 6.08 Å². The number of hydrogen-bond donors (Lipinski definition) is 1. The van der Waals surface area contributed by atoms with Gasteiger partial charge < -0.3 is 5.32 Å². The largest absolute Gasteiger partial charge is 0.306 e. The summed E-state index contributed by atoms with van der Waals surface area (Å²) in [6.45, 7) is 8.03. The molecule has 0 aromatic carbocycles. The Kier molecular flexibility index (Phi) is 1.44. The highest BCUT2D eigenvalue weighted by Crippen LogP contribution is 2.07. The third kappa shape index (κ3) is 0.670. The molecule has 0 aromatic heterocycles. The molecule has 0 saturated carbocycles. The second kappa shape index (κ2) is 2.09. The molecule has 1 saturated heterocycles. The summed E-state index contributed by atoms with van der Waals surface area (Å²) in [5, 5.41) is 3.14. The lowest BCUT2D eigenvalue weighted by atomic mass is 10.0. The minimum atomic E-state index is 0.382. The van der Waals surface area contributed by atoms with Gasteiger partial charge in [-0.3, -0.25) is 4.99 Å². The van der Waals surface area contributed by atoms with E-state index in [1.165, 1.54) is 0 Å². The van der Waals surface area contributed by atoms with Gasteiger partial charge in [0, 0.05) is 12.6 Å². The first-order valence-electron chi connectivity index (χ1n) is 2.70. The molecule has 1 heterocycles. The van der Waals surface area contributed by atoms with Crippen molar-refractivity contribution in [2.75, 3.05) is 6.54 Å². The van der Waals surface area contributed by atoms with Crippen LogP contribution in [-0.2, 0) is 0 Å². The van der Waals surface area contributed by atoms with Crippen LogP contribution in [0.1, 0.15) is 0 Å². The van der Waals surface area contributed by atoms with Crippen molar-refractivity contribution in [3.63, 3.8) is 0 Å². The topological polar surface area (TPSA) is 24.4 Å². The van der Waals surface area contributed by atoms with Crippen LogP contribution < -0.4 is 5.32 Å². The molecule has 1 aliphatic heterocycles. The molecule has 1 N–H and O–H groups in total. The lowest BCUT2D eigenvalue weighted by molar-refractivity contribution is 0.371. The fourth-order valence-electron chi connectivity index (χ4n) is 0.778. The van der Waals surface area contributed by atoms with Crippen molar-refractivity contribution in [1.82, 2.24) is 5.32 Å². The molecule has 0 amide bonds. The first-order valence-corrected chi connectivity index (χ1v) is 2.70. The Morgan fingerprint density at radius 1 is 1.75 bits per heavy atom. The number of aliphatic imine (C=N–C) groups is 1. The molecule has 2 atom stereocenters. The summed E-state index contributed by atoms with van der Waals surface area (Å²) in [4.78, 5) is 3.86. The van der Waals surface area contributed by atoms with E-state index in [0.29, 0.717) is 12.1 Å². The number of nitrogens with one attached hydrogen (secondary N) is 1. The van der Waals surface area contributed by atoms with E-state index in [-0.39, 0.29) is 0 Å². The van der Waals surface area contributed by atoms with E-state index in [2.05, 4.69) is 23.6 Å². The lowest BCUT2D eigenvalue weighted by Gasteiger charge is -2.32. The molecule has 0 bridgehead atoms. The predicted octanol–water partition coefficient (Wildman–Crippen LogP) is 0.213. The fraction of sp³-hybridized carbons (Fsp3) is 0.500. The highest BCUT2D eigenvalue weighted by atomic mass is 15.1. The number of hydrogen-bond acceptors (Lipinski definition) is 2. The molecule has 2 unspecified atom stereocenters. The van der Waals surface area contributed by atoms with Gasteiger partial charge in [0.05, 0.1) is 6.04 Å². The van der Waals surface area contributed by atoms with Gasteiger partial charge in [-0.05, 0) is 6.72 Å². The molecular formula is C6H10N2. The Bertz CT molecular complexity index is 95.1. The highest BCUT2D eigenvalue weighted by molar-refractivity contribution is 5.26. The Labute approximate surface area is 49.3 Å². The standard InChI is InChI=1S/C6H10N2/c1-3-5-6(7-2)4-8-5/h3,5-6,8H,1-2,4H2. The van der Waals surface area contributed by atoms with Gasteiger partial charge in [0.15, 0.2) is 0 Å². The van der Waals surface area contributed by atoms with Crippen LogP contribution >= 0.6 is 0 Å². The van der Waals surface area contributed by atoms with Gasteiger partial charge in [0.2, 0.25) is 0 Å². The van der Waals surface area contributed by atoms with E-state index in [9.17, 15) is 0 Å². The molecular weight excluding hydrogens is 100 g/mol. The zero-order chi connectivity index (χ0) is 5.98. The van der Waals surface area contributed by atoms with Crippen molar-refractivity contribution in [2.24, 2.45) is 4.99 Å². The van der Waals surface area contributed by atoms with E-state index in [0.717, 1.165) is 6.54 Å². The van der Waals surface area contributed by atoms with E-state index in [4.69, 9.17) is 0 Å². The van der Waals surface area contributed by atoms with Gasteiger partial charge in [-0.25, -0.2) is 0 Å². The van der Waals surface area contributed by atoms with E-state index >= 15 is 0 Å². The lowest BCUT2D eigenvalue weighted by Crippen LogP contribution is -2.54. The minimum Gasteiger partial charge on any atom is -0.306 e. The second-order valence-corrected chi connectivity index (χ2v) is 1.92. The van der Waals surface area contributed by atoms with Crippen LogP contribution in [0, 0.1) is 0 Å². The molecule has 44 valence electrons. The Hall–Kier alpha value is -0.630. The highest BCUT2D eigenvalue weighted by Gasteiger charge is 2.25. The average molecular weight is 110 g/mol. The quantitative estimate of drug-likeness (QED) is 0.399. The average Bonchev–Trinajstić information content (AvgIpc) is 1.66. The Morgan fingerprint density at radius 2 is 2.50 bits per heavy atom. The molecule has 2 nitrogen and oxygen atoms in total. The summed E-state index contributed by atoms with van der Waals surface area (Å²) >= 11 is 0. The van der Waals surface area contributed by atoms with Crippen molar-refractivity contribution >= 4 is 6.72 Å². The van der Waals surface area contributed by atoms with Crippen LogP contribution in [0.5, 0.6) is 0 Å². The van der Waals surface area contributed by atoms with Gasteiger partial charge in [0.1, 0.15) is 0 Å². The maximum absolute atomic E-state index is 3.86. The maximum atomic E-state index is 3.86. The third-order valence-corrected chi connectivity index (χ3v) is 1.47. The summed E-state index contributed by atoms with van der Waals surface area (Å²) in [6.07, 6.45) is 1.86. The predicted molar refractivity (Wildman–Crippen MR) is 35.3 cm³/mol. The van der Waals surface area contributed by atoms with Crippen LogP contribution in [0.25, 0.3) is 0 Å². The van der Waals surface area contributed by atoms with Crippen LogP contribution in [-0.4, -0.2) is 25.3 Å². The van der Waals surface area contributed by atoms with Crippen LogP contribution in [0.4, 0.5) is 0 Å².